The molecule has 0 saturated heterocycles. The van der Waals surface area contributed by atoms with E-state index in [4.69, 9.17) is 20.5 Å². The van der Waals surface area contributed by atoms with Crippen molar-refractivity contribution in [1.82, 2.24) is 15.0 Å². The van der Waals surface area contributed by atoms with Gasteiger partial charge < -0.3 is 25.8 Å². The highest BCUT2D eigenvalue weighted by atomic mass is 16.5. The van der Waals surface area contributed by atoms with Gasteiger partial charge in [0.1, 0.15) is 34.8 Å². The number of anilines is 4. The highest BCUT2D eigenvalue weighted by molar-refractivity contribution is 5.72. The summed E-state index contributed by atoms with van der Waals surface area (Å²) < 4.78 is 11.2. The van der Waals surface area contributed by atoms with Crippen LogP contribution in [0, 0.1) is 11.3 Å². The van der Waals surface area contributed by atoms with Crippen LogP contribution in [-0.2, 0) is 0 Å². The number of nitriles is 1. The molecule has 33 heavy (non-hydrogen) atoms. The summed E-state index contributed by atoms with van der Waals surface area (Å²) in [5.74, 6) is 2.56. The van der Waals surface area contributed by atoms with Gasteiger partial charge in [0.05, 0.1) is 18.5 Å². The first kappa shape index (κ1) is 21.4. The minimum absolute atomic E-state index is 0.151. The van der Waals surface area contributed by atoms with Gasteiger partial charge >= 0.3 is 0 Å². The summed E-state index contributed by atoms with van der Waals surface area (Å²) in [6.07, 6.45) is 1.53. The third-order valence-electron chi connectivity index (χ3n) is 4.72. The van der Waals surface area contributed by atoms with Crippen molar-refractivity contribution in [3.8, 4) is 34.6 Å². The van der Waals surface area contributed by atoms with E-state index in [9.17, 15) is 0 Å². The standard InChI is InChI=1S/C24H21N7O2/c1-27-20-8-3-15(11-22(20)32-2)21-13-23(31-24(26)30-21)29-16-4-6-18(7-5-16)33-19-9-10-28-17(12-19)14-25/h3-13,27H,1-2H3,(H3,26,29,30,31). The molecular formula is C24H21N7O2. The van der Waals surface area contributed by atoms with Crippen molar-refractivity contribution in [1.29, 1.82) is 5.26 Å². The lowest BCUT2D eigenvalue weighted by Gasteiger charge is -2.12. The molecule has 0 bridgehead atoms. The van der Waals surface area contributed by atoms with Crippen LogP contribution < -0.4 is 25.8 Å². The Balaban J connectivity index is 1.52. The quantitative estimate of drug-likeness (QED) is 0.378. The number of nitrogens with one attached hydrogen (secondary N) is 2. The highest BCUT2D eigenvalue weighted by Gasteiger charge is 2.09. The van der Waals surface area contributed by atoms with Crippen LogP contribution in [0.25, 0.3) is 11.3 Å². The molecule has 0 spiro atoms. The lowest BCUT2D eigenvalue weighted by atomic mass is 10.1. The first-order valence-corrected chi connectivity index (χ1v) is 10.00. The Morgan fingerprint density at radius 1 is 0.970 bits per heavy atom. The summed E-state index contributed by atoms with van der Waals surface area (Å²) in [6.45, 7) is 0. The van der Waals surface area contributed by atoms with Crippen LogP contribution in [0.15, 0.2) is 66.9 Å². The normalized spacial score (nSPS) is 10.2. The predicted octanol–water partition coefficient (Wildman–Crippen LogP) is 4.58. The van der Waals surface area contributed by atoms with Crippen LogP contribution in [-0.4, -0.2) is 29.1 Å². The van der Waals surface area contributed by atoms with E-state index in [0.29, 0.717) is 34.5 Å². The maximum Gasteiger partial charge on any atom is 0.222 e. The number of pyridine rings is 1. The van der Waals surface area contributed by atoms with Gasteiger partial charge in [-0.25, -0.2) is 9.97 Å². The zero-order valence-corrected chi connectivity index (χ0v) is 18.0. The van der Waals surface area contributed by atoms with Gasteiger partial charge in [-0.3, -0.25) is 0 Å². The summed E-state index contributed by atoms with van der Waals surface area (Å²) >= 11 is 0. The van der Waals surface area contributed by atoms with Crippen LogP contribution in [0.3, 0.4) is 0 Å². The lowest BCUT2D eigenvalue weighted by Crippen LogP contribution is -2.02. The summed E-state index contributed by atoms with van der Waals surface area (Å²) in [4.78, 5) is 12.6. The molecule has 0 unspecified atom stereocenters. The Labute approximate surface area is 190 Å². The van der Waals surface area contributed by atoms with Gasteiger partial charge in [0.15, 0.2) is 0 Å². The van der Waals surface area contributed by atoms with Crippen molar-refractivity contribution in [3.63, 3.8) is 0 Å². The Bertz CT molecular complexity index is 1320. The van der Waals surface area contributed by atoms with E-state index in [1.807, 2.05) is 61.6 Å². The second kappa shape index (κ2) is 9.53. The van der Waals surface area contributed by atoms with Gasteiger partial charge in [0, 0.05) is 36.6 Å². The number of nitrogen functional groups attached to an aromatic ring is 1. The number of nitrogens with zero attached hydrogens (tertiary/aromatic N) is 4. The molecule has 0 aliphatic rings. The number of nitrogens with two attached hydrogens (primary N) is 1. The molecule has 0 fully saturated rings. The van der Waals surface area contributed by atoms with Crippen molar-refractivity contribution >= 4 is 23.1 Å². The molecule has 0 aliphatic carbocycles. The van der Waals surface area contributed by atoms with Crippen molar-refractivity contribution in [2.75, 3.05) is 30.5 Å². The number of benzene rings is 2. The monoisotopic (exact) mass is 439 g/mol. The van der Waals surface area contributed by atoms with Crippen molar-refractivity contribution < 1.29 is 9.47 Å². The second-order valence-electron chi connectivity index (χ2n) is 6.90. The SMILES string of the molecule is CNc1ccc(-c2cc(Nc3ccc(Oc4ccnc(C#N)c4)cc3)nc(N)n2)cc1OC. The Morgan fingerprint density at radius 2 is 1.79 bits per heavy atom. The Hall–Kier alpha value is -4.84. The van der Waals surface area contributed by atoms with Crippen molar-refractivity contribution in [2.45, 2.75) is 0 Å². The topological polar surface area (TPSA) is 131 Å². The van der Waals surface area contributed by atoms with E-state index < -0.39 is 0 Å². The average Bonchev–Trinajstić information content (AvgIpc) is 2.84. The molecule has 164 valence electrons. The smallest absolute Gasteiger partial charge is 0.222 e. The molecule has 4 aromatic rings. The van der Waals surface area contributed by atoms with Gasteiger partial charge in [-0.2, -0.15) is 10.2 Å². The molecule has 9 nitrogen and oxygen atoms in total. The van der Waals surface area contributed by atoms with Crippen LogP contribution in [0.4, 0.5) is 23.1 Å². The average molecular weight is 439 g/mol. The number of ether oxygens (including phenoxy) is 2. The molecule has 4 rings (SSSR count). The zero-order chi connectivity index (χ0) is 23.2. The van der Waals surface area contributed by atoms with E-state index in [1.165, 1.54) is 6.20 Å². The van der Waals surface area contributed by atoms with Crippen LogP contribution in [0.1, 0.15) is 5.69 Å². The van der Waals surface area contributed by atoms with E-state index in [0.717, 1.165) is 16.9 Å². The lowest BCUT2D eigenvalue weighted by molar-refractivity contribution is 0.417. The largest absolute Gasteiger partial charge is 0.495 e. The zero-order valence-electron chi connectivity index (χ0n) is 18.0. The summed E-state index contributed by atoms with van der Waals surface area (Å²) in [5.41, 5.74) is 9.43. The molecule has 0 atom stereocenters. The molecule has 0 saturated carbocycles. The van der Waals surface area contributed by atoms with Crippen molar-refractivity contribution in [3.05, 3.63) is 72.6 Å². The molecule has 2 aromatic carbocycles. The minimum atomic E-state index is 0.151. The fourth-order valence-corrected chi connectivity index (χ4v) is 3.16. The third kappa shape index (κ3) is 5.08. The Kier molecular flexibility index (Phi) is 6.18. The maximum atomic E-state index is 8.96. The Morgan fingerprint density at radius 3 is 2.52 bits per heavy atom. The first-order valence-electron chi connectivity index (χ1n) is 10.00. The van der Waals surface area contributed by atoms with E-state index in [2.05, 4.69) is 25.6 Å². The van der Waals surface area contributed by atoms with Crippen LogP contribution >= 0.6 is 0 Å². The van der Waals surface area contributed by atoms with Gasteiger partial charge in [-0.05, 0) is 42.5 Å². The molecule has 2 heterocycles. The van der Waals surface area contributed by atoms with Gasteiger partial charge in [0.25, 0.3) is 0 Å². The van der Waals surface area contributed by atoms with Crippen LogP contribution in [0.5, 0.6) is 17.2 Å². The van der Waals surface area contributed by atoms with Crippen molar-refractivity contribution in [2.24, 2.45) is 0 Å². The summed E-state index contributed by atoms with van der Waals surface area (Å²) in [7, 11) is 3.45. The molecule has 0 amide bonds. The summed E-state index contributed by atoms with van der Waals surface area (Å²) in [6, 6.07) is 20.1. The van der Waals surface area contributed by atoms with E-state index >= 15 is 0 Å². The number of hydrogen-bond donors (Lipinski definition) is 3. The summed E-state index contributed by atoms with van der Waals surface area (Å²) in [5, 5.41) is 15.3. The number of rotatable bonds is 7. The fraction of sp³-hybridized carbons (Fsp3) is 0.0833. The van der Waals surface area contributed by atoms with Crippen LogP contribution in [0.2, 0.25) is 0 Å². The first-order chi connectivity index (χ1) is 16.1. The van der Waals surface area contributed by atoms with Gasteiger partial charge in [-0.15, -0.1) is 0 Å². The van der Waals surface area contributed by atoms with Gasteiger partial charge in [0.2, 0.25) is 5.95 Å². The molecule has 0 radical (unpaired) electrons. The number of aromatic nitrogens is 3. The van der Waals surface area contributed by atoms with Gasteiger partial charge in [-0.1, -0.05) is 6.07 Å². The third-order valence-corrected chi connectivity index (χ3v) is 4.72. The minimum Gasteiger partial charge on any atom is -0.495 e. The second-order valence-corrected chi connectivity index (χ2v) is 6.90. The van der Waals surface area contributed by atoms with E-state index in [1.54, 1.807) is 19.2 Å². The molecule has 9 heteroatoms. The predicted molar refractivity (Wildman–Crippen MR) is 127 cm³/mol. The maximum absolute atomic E-state index is 8.96. The molecular weight excluding hydrogens is 418 g/mol. The number of methoxy groups -OCH3 is 1. The fourth-order valence-electron chi connectivity index (χ4n) is 3.16. The molecule has 0 aliphatic heterocycles. The molecule has 4 N–H and O–H groups in total. The van der Waals surface area contributed by atoms with E-state index in [-0.39, 0.29) is 5.95 Å². The molecule has 2 aromatic heterocycles. The number of hydrogen-bond acceptors (Lipinski definition) is 9. The highest BCUT2D eigenvalue weighted by Crippen LogP contribution is 2.31.